The predicted octanol–water partition coefficient (Wildman–Crippen LogP) is 4.16. The second-order valence-electron chi connectivity index (χ2n) is 6.27. The van der Waals surface area contributed by atoms with Crippen molar-refractivity contribution in [2.45, 2.75) is 39.4 Å². The molecule has 2 N–H and O–H groups in total. The minimum absolute atomic E-state index is 0.157. The van der Waals surface area contributed by atoms with Crippen LogP contribution in [0.2, 0.25) is 0 Å². The maximum Gasteiger partial charge on any atom is 0.416 e. The van der Waals surface area contributed by atoms with Crippen molar-refractivity contribution in [3.8, 4) is 0 Å². The van der Waals surface area contributed by atoms with Crippen molar-refractivity contribution < 1.29 is 13.2 Å². The van der Waals surface area contributed by atoms with Crippen LogP contribution < -0.4 is 5.73 Å². The highest BCUT2D eigenvalue weighted by atomic mass is 19.4. The Morgan fingerprint density at radius 2 is 1.86 bits per heavy atom. The number of rotatable bonds is 3. The quantitative estimate of drug-likeness (QED) is 0.849. The van der Waals surface area contributed by atoms with Crippen molar-refractivity contribution in [1.29, 1.82) is 0 Å². The molecule has 0 saturated carbocycles. The summed E-state index contributed by atoms with van der Waals surface area (Å²) < 4.78 is 39.2. The molecular weight excluding hydrogens is 277 g/mol. The molecule has 21 heavy (non-hydrogen) atoms. The van der Waals surface area contributed by atoms with E-state index in [0.29, 0.717) is 23.9 Å². The predicted molar refractivity (Wildman–Crippen MR) is 78.7 cm³/mol. The third-order valence-corrected chi connectivity index (χ3v) is 4.41. The van der Waals surface area contributed by atoms with Gasteiger partial charge >= 0.3 is 6.18 Å². The average Bonchev–Trinajstić information content (AvgIpc) is 2.40. The normalized spacial score (nSPS) is 18.4. The lowest BCUT2D eigenvalue weighted by molar-refractivity contribution is -0.138. The van der Waals surface area contributed by atoms with Gasteiger partial charge in [0.15, 0.2) is 0 Å². The zero-order chi connectivity index (χ0) is 15.6. The summed E-state index contributed by atoms with van der Waals surface area (Å²) in [4.78, 5) is 2.11. The molecule has 0 bridgehead atoms. The largest absolute Gasteiger partial charge is 0.416 e. The van der Waals surface area contributed by atoms with E-state index in [9.17, 15) is 13.2 Å². The van der Waals surface area contributed by atoms with E-state index >= 15 is 0 Å². The minimum Gasteiger partial charge on any atom is -0.399 e. The Morgan fingerprint density at radius 1 is 1.24 bits per heavy atom. The van der Waals surface area contributed by atoms with E-state index in [1.165, 1.54) is 6.07 Å². The van der Waals surface area contributed by atoms with Crippen LogP contribution in [0.15, 0.2) is 18.2 Å². The maximum atomic E-state index is 13.1. The number of piperidine rings is 1. The zero-order valence-electron chi connectivity index (χ0n) is 12.6. The summed E-state index contributed by atoms with van der Waals surface area (Å²) in [6.07, 6.45) is -2.22. The lowest BCUT2D eigenvalue weighted by Gasteiger charge is -2.34. The standard InChI is InChI=1S/C16H23F3N2/c1-11(2)12-5-7-21(8-6-12)10-13-3-4-14(20)9-15(13)16(17,18)19/h3-4,9,11-12H,5-8,10,20H2,1-2H3. The van der Waals surface area contributed by atoms with Crippen LogP contribution >= 0.6 is 0 Å². The molecule has 1 aromatic carbocycles. The number of hydrogen-bond acceptors (Lipinski definition) is 2. The third-order valence-electron chi connectivity index (χ3n) is 4.41. The van der Waals surface area contributed by atoms with Crippen LogP contribution in [-0.2, 0) is 12.7 Å². The van der Waals surface area contributed by atoms with Crippen molar-refractivity contribution in [2.75, 3.05) is 18.8 Å². The maximum absolute atomic E-state index is 13.1. The van der Waals surface area contributed by atoms with Crippen LogP contribution in [-0.4, -0.2) is 18.0 Å². The molecule has 0 radical (unpaired) electrons. The van der Waals surface area contributed by atoms with Gasteiger partial charge in [-0.15, -0.1) is 0 Å². The Balaban J connectivity index is 2.07. The lowest BCUT2D eigenvalue weighted by Crippen LogP contribution is -2.35. The molecule has 0 aliphatic carbocycles. The first-order valence-corrected chi connectivity index (χ1v) is 7.45. The monoisotopic (exact) mass is 300 g/mol. The number of nitrogens with zero attached hydrogens (tertiary/aromatic N) is 1. The Kier molecular flexibility index (Phi) is 4.81. The van der Waals surface area contributed by atoms with Crippen LogP contribution in [0.25, 0.3) is 0 Å². The number of alkyl halides is 3. The van der Waals surface area contributed by atoms with Crippen molar-refractivity contribution in [2.24, 2.45) is 11.8 Å². The fourth-order valence-electron chi connectivity index (χ4n) is 3.01. The first-order chi connectivity index (χ1) is 9.77. The summed E-state index contributed by atoms with van der Waals surface area (Å²) in [7, 11) is 0. The Morgan fingerprint density at radius 3 is 2.38 bits per heavy atom. The SMILES string of the molecule is CC(C)C1CCN(Cc2ccc(N)cc2C(F)(F)F)CC1. The van der Waals surface area contributed by atoms with Crippen LogP contribution in [0, 0.1) is 11.8 Å². The van der Waals surface area contributed by atoms with Gasteiger partial charge in [0.1, 0.15) is 0 Å². The number of nitrogen functional groups attached to an aromatic ring is 1. The van der Waals surface area contributed by atoms with E-state index in [2.05, 4.69) is 18.7 Å². The van der Waals surface area contributed by atoms with E-state index in [0.717, 1.165) is 32.0 Å². The second-order valence-corrected chi connectivity index (χ2v) is 6.27. The topological polar surface area (TPSA) is 29.3 Å². The number of halogens is 3. The summed E-state index contributed by atoms with van der Waals surface area (Å²) in [5.41, 5.74) is 5.37. The fraction of sp³-hybridized carbons (Fsp3) is 0.625. The van der Waals surface area contributed by atoms with Crippen LogP contribution in [0.5, 0.6) is 0 Å². The van der Waals surface area contributed by atoms with Gasteiger partial charge in [-0.2, -0.15) is 13.2 Å². The number of nitrogens with two attached hydrogens (primary N) is 1. The van der Waals surface area contributed by atoms with Gasteiger partial charge in [-0.1, -0.05) is 19.9 Å². The summed E-state index contributed by atoms with van der Waals surface area (Å²) in [5.74, 6) is 1.34. The molecule has 2 nitrogen and oxygen atoms in total. The number of likely N-dealkylation sites (tertiary alicyclic amines) is 1. The second kappa shape index (κ2) is 6.26. The molecule has 0 atom stereocenters. The van der Waals surface area contributed by atoms with Crippen molar-refractivity contribution >= 4 is 5.69 Å². The van der Waals surface area contributed by atoms with Gasteiger partial charge in [0.05, 0.1) is 5.56 Å². The number of hydrogen-bond donors (Lipinski definition) is 1. The smallest absolute Gasteiger partial charge is 0.399 e. The molecule has 0 spiro atoms. The van der Waals surface area contributed by atoms with Gasteiger partial charge in [0, 0.05) is 12.2 Å². The van der Waals surface area contributed by atoms with Crippen LogP contribution in [0.4, 0.5) is 18.9 Å². The third kappa shape index (κ3) is 4.13. The summed E-state index contributed by atoms with van der Waals surface area (Å²) in [5, 5.41) is 0. The van der Waals surface area contributed by atoms with Crippen molar-refractivity contribution in [3.63, 3.8) is 0 Å². The summed E-state index contributed by atoms with van der Waals surface area (Å²) in [6.45, 7) is 6.50. The highest BCUT2D eigenvalue weighted by Gasteiger charge is 2.34. The molecule has 2 rings (SSSR count). The van der Waals surface area contributed by atoms with Crippen molar-refractivity contribution in [3.05, 3.63) is 29.3 Å². The lowest BCUT2D eigenvalue weighted by atomic mass is 9.86. The van der Waals surface area contributed by atoms with Crippen LogP contribution in [0.1, 0.15) is 37.8 Å². The number of anilines is 1. The first kappa shape index (κ1) is 16.1. The van der Waals surface area contributed by atoms with Gasteiger partial charge < -0.3 is 5.73 Å². The molecule has 0 unspecified atom stereocenters. The molecule has 1 fully saturated rings. The molecule has 1 saturated heterocycles. The van der Waals surface area contributed by atoms with Gasteiger partial charge in [-0.25, -0.2) is 0 Å². The van der Waals surface area contributed by atoms with Gasteiger partial charge in [0.25, 0.3) is 0 Å². The molecule has 1 aromatic rings. The Labute approximate surface area is 124 Å². The van der Waals surface area contributed by atoms with E-state index in [1.54, 1.807) is 6.07 Å². The molecule has 5 heteroatoms. The van der Waals surface area contributed by atoms with Gasteiger partial charge in [-0.3, -0.25) is 4.90 Å². The number of benzene rings is 1. The summed E-state index contributed by atoms with van der Waals surface area (Å²) >= 11 is 0. The van der Waals surface area contributed by atoms with Gasteiger partial charge in [0.2, 0.25) is 0 Å². The van der Waals surface area contributed by atoms with Crippen molar-refractivity contribution in [1.82, 2.24) is 4.90 Å². The highest BCUT2D eigenvalue weighted by Crippen LogP contribution is 2.34. The molecular formula is C16H23F3N2. The Bertz CT molecular complexity index is 475. The van der Waals surface area contributed by atoms with E-state index < -0.39 is 11.7 Å². The first-order valence-electron chi connectivity index (χ1n) is 7.45. The molecule has 1 heterocycles. The zero-order valence-corrected chi connectivity index (χ0v) is 12.6. The van der Waals surface area contributed by atoms with E-state index in [-0.39, 0.29) is 5.69 Å². The minimum atomic E-state index is -4.35. The fourth-order valence-corrected chi connectivity index (χ4v) is 3.01. The molecule has 0 aromatic heterocycles. The van der Waals surface area contributed by atoms with E-state index in [4.69, 9.17) is 5.73 Å². The van der Waals surface area contributed by atoms with Gasteiger partial charge in [-0.05, 0) is 55.5 Å². The average molecular weight is 300 g/mol. The van der Waals surface area contributed by atoms with E-state index in [1.807, 2.05) is 0 Å². The molecule has 118 valence electrons. The van der Waals surface area contributed by atoms with Crippen LogP contribution in [0.3, 0.4) is 0 Å². The Hall–Kier alpha value is -1.23. The highest BCUT2D eigenvalue weighted by molar-refractivity contribution is 5.46. The molecule has 0 amide bonds. The summed E-state index contributed by atoms with van der Waals surface area (Å²) in [6, 6.07) is 4.09. The molecule has 1 aliphatic rings. The molecule has 1 aliphatic heterocycles.